The summed E-state index contributed by atoms with van der Waals surface area (Å²) < 4.78 is 0. The van der Waals surface area contributed by atoms with Crippen LogP contribution in [0.15, 0.2) is 0 Å². The van der Waals surface area contributed by atoms with E-state index in [1.165, 1.54) is 0 Å². The standard InChI is InChI=1S/C4H10N2.2C2H4BrNO/c1-2-6-4-3-5-1;2*3-1-2(4)5/h5-6H,1-4H2;2*1H2,(H2,4,5). The average molecular weight is 362 g/mol. The predicted octanol–water partition coefficient (Wildman–Crippen LogP) is -1.09. The Kier molecular flexibility index (Phi) is 16.9. The maximum absolute atomic E-state index is 9.54. The van der Waals surface area contributed by atoms with E-state index in [2.05, 4.69) is 54.0 Å². The van der Waals surface area contributed by atoms with Crippen molar-refractivity contribution in [1.29, 1.82) is 0 Å². The van der Waals surface area contributed by atoms with Crippen molar-refractivity contribution in [3.63, 3.8) is 0 Å². The fourth-order valence-electron chi connectivity index (χ4n) is 0.604. The smallest absolute Gasteiger partial charge is 0.228 e. The number of carbonyl (C=O) groups excluding carboxylic acids is 2. The van der Waals surface area contributed by atoms with E-state index in [4.69, 9.17) is 0 Å². The molecule has 6 N–H and O–H groups in total. The van der Waals surface area contributed by atoms with Crippen LogP contribution < -0.4 is 22.1 Å². The van der Waals surface area contributed by atoms with Crippen LogP contribution >= 0.6 is 31.9 Å². The largest absolute Gasteiger partial charge is 0.369 e. The van der Waals surface area contributed by atoms with Gasteiger partial charge >= 0.3 is 0 Å². The molecule has 6 nitrogen and oxygen atoms in total. The minimum Gasteiger partial charge on any atom is -0.369 e. The third-order valence-electron chi connectivity index (χ3n) is 1.22. The van der Waals surface area contributed by atoms with Gasteiger partial charge in [0.25, 0.3) is 0 Å². The van der Waals surface area contributed by atoms with Crippen molar-refractivity contribution in [2.45, 2.75) is 0 Å². The second kappa shape index (κ2) is 14.8. The van der Waals surface area contributed by atoms with Crippen LogP contribution in [0.4, 0.5) is 0 Å². The first kappa shape index (κ1) is 18.2. The molecule has 2 amide bonds. The van der Waals surface area contributed by atoms with E-state index in [0.717, 1.165) is 26.2 Å². The van der Waals surface area contributed by atoms with Crippen molar-refractivity contribution in [2.24, 2.45) is 11.5 Å². The summed E-state index contributed by atoms with van der Waals surface area (Å²) in [5.74, 6) is -0.657. The summed E-state index contributed by atoms with van der Waals surface area (Å²) in [6, 6.07) is 0. The summed E-state index contributed by atoms with van der Waals surface area (Å²) in [4.78, 5) is 19.1. The van der Waals surface area contributed by atoms with E-state index in [1.807, 2.05) is 0 Å². The molecule has 0 aliphatic carbocycles. The Bertz CT molecular complexity index is 163. The molecule has 0 unspecified atom stereocenters. The lowest BCUT2D eigenvalue weighted by molar-refractivity contribution is -0.116. The van der Waals surface area contributed by atoms with Gasteiger partial charge in [0, 0.05) is 26.2 Å². The van der Waals surface area contributed by atoms with E-state index >= 15 is 0 Å². The van der Waals surface area contributed by atoms with Crippen LogP contribution in [0.25, 0.3) is 0 Å². The number of carbonyl (C=O) groups is 2. The van der Waals surface area contributed by atoms with Crippen LogP contribution in [0.3, 0.4) is 0 Å². The molecule has 1 rings (SSSR count). The molecule has 1 fully saturated rings. The van der Waals surface area contributed by atoms with Crippen LogP contribution in [0, 0.1) is 0 Å². The number of hydrogen-bond acceptors (Lipinski definition) is 4. The molecule has 0 aromatic heterocycles. The van der Waals surface area contributed by atoms with Gasteiger partial charge in [0.2, 0.25) is 11.8 Å². The van der Waals surface area contributed by atoms with Gasteiger partial charge in [0.05, 0.1) is 10.7 Å². The highest BCUT2D eigenvalue weighted by Gasteiger charge is 1.91. The third-order valence-corrected chi connectivity index (χ3v) is 2.33. The number of hydrogen-bond donors (Lipinski definition) is 4. The highest BCUT2D eigenvalue weighted by molar-refractivity contribution is 9.09. The SMILES string of the molecule is C1CNCCN1.NC(=O)CBr.NC(=O)CBr. The molecule has 0 atom stereocenters. The molecule has 0 radical (unpaired) electrons. The van der Waals surface area contributed by atoms with Crippen molar-refractivity contribution < 1.29 is 9.59 Å². The Morgan fingerprint density at radius 1 is 0.875 bits per heavy atom. The lowest BCUT2D eigenvalue weighted by atomic mass is 10.4. The molecular formula is C8H18Br2N4O2. The van der Waals surface area contributed by atoms with Crippen molar-refractivity contribution in [1.82, 2.24) is 10.6 Å². The maximum atomic E-state index is 9.54. The van der Waals surface area contributed by atoms with Gasteiger partial charge in [-0.3, -0.25) is 9.59 Å². The maximum Gasteiger partial charge on any atom is 0.228 e. The Morgan fingerprint density at radius 3 is 1.12 bits per heavy atom. The second-order valence-corrected chi connectivity index (χ2v) is 3.82. The normalized spacial score (nSPS) is 13.6. The summed E-state index contributed by atoms with van der Waals surface area (Å²) in [6.07, 6.45) is 0. The monoisotopic (exact) mass is 360 g/mol. The fourth-order valence-corrected chi connectivity index (χ4v) is 0.604. The molecular weight excluding hydrogens is 344 g/mol. The van der Waals surface area contributed by atoms with E-state index in [-0.39, 0.29) is 22.5 Å². The van der Waals surface area contributed by atoms with E-state index < -0.39 is 0 Å². The highest BCUT2D eigenvalue weighted by atomic mass is 79.9. The van der Waals surface area contributed by atoms with Gasteiger partial charge in [0.1, 0.15) is 0 Å². The van der Waals surface area contributed by atoms with E-state index in [0.29, 0.717) is 0 Å². The van der Waals surface area contributed by atoms with Crippen LogP contribution in [0.5, 0.6) is 0 Å². The van der Waals surface area contributed by atoms with Gasteiger partial charge in [-0.05, 0) is 0 Å². The molecule has 8 heteroatoms. The van der Waals surface area contributed by atoms with Gasteiger partial charge in [0.15, 0.2) is 0 Å². The highest BCUT2D eigenvalue weighted by Crippen LogP contribution is 1.71. The van der Waals surface area contributed by atoms with Crippen molar-refractivity contribution in [3.05, 3.63) is 0 Å². The third kappa shape index (κ3) is 23.6. The Morgan fingerprint density at radius 2 is 1.06 bits per heavy atom. The van der Waals surface area contributed by atoms with Gasteiger partial charge < -0.3 is 22.1 Å². The zero-order chi connectivity index (χ0) is 12.8. The average Bonchev–Trinajstić information content (AvgIpc) is 2.32. The lowest BCUT2D eigenvalue weighted by Gasteiger charge is -2.11. The zero-order valence-electron chi connectivity index (χ0n) is 8.97. The Labute approximate surface area is 112 Å². The zero-order valence-corrected chi connectivity index (χ0v) is 12.1. The summed E-state index contributed by atoms with van der Waals surface area (Å²) >= 11 is 5.68. The molecule has 0 aromatic carbocycles. The van der Waals surface area contributed by atoms with Crippen molar-refractivity contribution in [3.8, 4) is 0 Å². The molecule has 16 heavy (non-hydrogen) atoms. The number of rotatable bonds is 2. The number of nitrogens with one attached hydrogen (secondary N) is 2. The molecule has 0 bridgehead atoms. The molecule has 1 heterocycles. The number of nitrogens with two attached hydrogens (primary N) is 2. The second-order valence-electron chi connectivity index (χ2n) is 2.70. The molecule has 0 aromatic rings. The van der Waals surface area contributed by atoms with Crippen LogP contribution in [0.2, 0.25) is 0 Å². The van der Waals surface area contributed by atoms with Gasteiger partial charge in [-0.15, -0.1) is 0 Å². The molecule has 1 saturated heterocycles. The fraction of sp³-hybridized carbons (Fsp3) is 0.750. The molecule has 0 saturated carbocycles. The Balaban J connectivity index is 0. The number of halogens is 2. The predicted molar refractivity (Wildman–Crippen MR) is 71.7 cm³/mol. The van der Waals surface area contributed by atoms with Gasteiger partial charge in [-0.1, -0.05) is 31.9 Å². The number of piperazine rings is 1. The van der Waals surface area contributed by atoms with Crippen LogP contribution in [-0.2, 0) is 9.59 Å². The molecule has 96 valence electrons. The molecule has 1 aliphatic heterocycles. The topological polar surface area (TPSA) is 110 Å². The lowest BCUT2D eigenvalue weighted by Crippen LogP contribution is -2.39. The summed E-state index contributed by atoms with van der Waals surface area (Å²) in [5.41, 5.74) is 9.21. The number of amides is 2. The quantitative estimate of drug-likeness (QED) is 0.468. The minimum atomic E-state index is -0.329. The Hall–Kier alpha value is -0.180. The van der Waals surface area contributed by atoms with Gasteiger partial charge in [-0.2, -0.15) is 0 Å². The van der Waals surface area contributed by atoms with Crippen molar-refractivity contribution >= 4 is 43.7 Å². The van der Waals surface area contributed by atoms with Crippen LogP contribution in [0.1, 0.15) is 0 Å². The first-order valence-corrected chi connectivity index (χ1v) is 6.88. The summed E-state index contributed by atoms with van der Waals surface area (Å²) in [6.45, 7) is 4.56. The molecule has 0 spiro atoms. The number of primary amides is 2. The first-order valence-electron chi connectivity index (χ1n) is 4.64. The molecule has 1 aliphatic rings. The first-order chi connectivity index (χ1) is 7.54. The van der Waals surface area contributed by atoms with Gasteiger partial charge in [-0.25, -0.2) is 0 Å². The minimum absolute atomic E-state index is 0.257. The van der Waals surface area contributed by atoms with E-state index in [9.17, 15) is 9.59 Å². The number of alkyl halides is 2. The van der Waals surface area contributed by atoms with Crippen molar-refractivity contribution in [2.75, 3.05) is 36.8 Å². The van der Waals surface area contributed by atoms with Crippen LogP contribution in [-0.4, -0.2) is 48.7 Å². The van der Waals surface area contributed by atoms with E-state index in [1.54, 1.807) is 0 Å². The summed E-state index contributed by atoms with van der Waals surface area (Å²) in [5, 5.41) is 6.96. The summed E-state index contributed by atoms with van der Waals surface area (Å²) in [7, 11) is 0.